The molecule has 3 rings (SSSR count). The minimum Gasteiger partial charge on any atom is -0.312 e. The van der Waals surface area contributed by atoms with Crippen molar-refractivity contribution in [3.05, 3.63) is 28.5 Å². The molecule has 2 aliphatic rings. The number of rotatable bonds is 2. The fourth-order valence-electron chi connectivity index (χ4n) is 3.03. The zero-order chi connectivity index (χ0) is 14.3. The van der Waals surface area contributed by atoms with Crippen LogP contribution in [0.15, 0.2) is 27.6 Å². The van der Waals surface area contributed by atoms with Gasteiger partial charge in [0.1, 0.15) is 5.82 Å². The summed E-state index contributed by atoms with van der Waals surface area (Å²) in [5, 5.41) is 3.38. The molecule has 0 unspecified atom stereocenters. The third-order valence-electron chi connectivity index (χ3n) is 4.08. The van der Waals surface area contributed by atoms with Crippen LogP contribution in [-0.4, -0.2) is 38.4 Å². The van der Waals surface area contributed by atoms with Gasteiger partial charge in [-0.05, 0) is 59.4 Å². The zero-order valence-electron chi connectivity index (χ0n) is 10.9. The van der Waals surface area contributed by atoms with E-state index in [1.165, 1.54) is 22.5 Å². The van der Waals surface area contributed by atoms with E-state index < -0.39 is 15.8 Å². The largest absolute Gasteiger partial charge is 0.312 e. The lowest BCUT2D eigenvalue weighted by Crippen LogP contribution is -2.41. The van der Waals surface area contributed by atoms with E-state index in [4.69, 9.17) is 0 Å². The first-order valence-electron chi connectivity index (χ1n) is 6.67. The Labute approximate surface area is 126 Å². The fourth-order valence-corrected chi connectivity index (χ4v) is 5.56. The lowest BCUT2D eigenvalue weighted by atomic mass is 9.94. The van der Waals surface area contributed by atoms with E-state index >= 15 is 0 Å². The zero-order valence-corrected chi connectivity index (χ0v) is 13.3. The number of piperidine rings is 1. The Kier molecular flexibility index (Phi) is 3.87. The van der Waals surface area contributed by atoms with Gasteiger partial charge in [-0.15, -0.1) is 0 Å². The molecule has 2 atom stereocenters. The molecule has 2 aliphatic heterocycles. The number of benzene rings is 1. The van der Waals surface area contributed by atoms with Crippen LogP contribution in [0.3, 0.4) is 0 Å². The Bertz CT molecular complexity index is 609. The summed E-state index contributed by atoms with van der Waals surface area (Å²) in [4.78, 5) is 0.137. The Morgan fingerprint density at radius 3 is 2.85 bits per heavy atom. The van der Waals surface area contributed by atoms with Gasteiger partial charge in [0.25, 0.3) is 0 Å². The second-order valence-electron chi connectivity index (χ2n) is 5.36. The van der Waals surface area contributed by atoms with E-state index in [0.717, 1.165) is 19.4 Å². The van der Waals surface area contributed by atoms with Gasteiger partial charge in [0.15, 0.2) is 0 Å². The molecular formula is C13H16BrFN2O2S. The molecule has 4 nitrogen and oxygen atoms in total. The minimum atomic E-state index is -3.56. The van der Waals surface area contributed by atoms with Gasteiger partial charge in [0.05, 0.1) is 4.90 Å². The van der Waals surface area contributed by atoms with Crippen molar-refractivity contribution in [1.82, 2.24) is 9.62 Å². The average molecular weight is 363 g/mol. The fraction of sp³-hybridized carbons (Fsp3) is 0.538. The van der Waals surface area contributed by atoms with E-state index in [1.807, 2.05) is 0 Å². The average Bonchev–Trinajstić information content (AvgIpc) is 2.82. The standard InChI is InChI=1S/C13H16BrFN2O2S/c14-11-6-10(15)3-4-13(11)20(18,19)17-7-9-2-1-5-16-12(9)8-17/h3-4,6,9,12,16H,1-2,5,7-8H2/t9-,12+/m0/s1. The molecule has 0 aromatic heterocycles. The smallest absolute Gasteiger partial charge is 0.244 e. The van der Waals surface area contributed by atoms with E-state index in [0.29, 0.717) is 19.0 Å². The summed E-state index contributed by atoms with van der Waals surface area (Å²) in [6.45, 7) is 2.00. The molecule has 1 aromatic carbocycles. The van der Waals surface area contributed by atoms with Crippen molar-refractivity contribution in [1.29, 1.82) is 0 Å². The van der Waals surface area contributed by atoms with Gasteiger partial charge < -0.3 is 5.32 Å². The lowest BCUT2D eigenvalue weighted by Gasteiger charge is -2.24. The summed E-state index contributed by atoms with van der Waals surface area (Å²) in [5.41, 5.74) is 0. The maximum absolute atomic E-state index is 13.1. The summed E-state index contributed by atoms with van der Waals surface area (Å²) in [6, 6.07) is 3.94. The van der Waals surface area contributed by atoms with Crippen LogP contribution in [0.25, 0.3) is 0 Å². The van der Waals surface area contributed by atoms with Crippen molar-refractivity contribution in [2.75, 3.05) is 19.6 Å². The third-order valence-corrected chi connectivity index (χ3v) is 6.89. The molecule has 0 amide bonds. The first kappa shape index (κ1) is 14.4. The summed E-state index contributed by atoms with van der Waals surface area (Å²) >= 11 is 3.15. The molecule has 2 saturated heterocycles. The molecule has 0 aliphatic carbocycles. The predicted octanol–water partition coefficient (Wildman–Crippen LogP) is 1.96. The minimum absolute atomic E-state index is 0.137. The van der Waals surface area contributed by atoms with Gasteiger partial charge in [-0.2, -0.15) is 4.31 Å². The van der Waals surface area contributed by atoms with Crippen molar-refractivity contribution in [2.24, 2.45) is 5.92 Å². The quantitative estimate of drug-likeness (QED) is 0.874. The van der Waals surface area contributed by atoms with Gasteiger partial charge in [0.2, 0.25) is 10.0 Å². The molecule has 1 aromatic rings. The summed E-state index contributed by atoms with van der Waals surface area (Å²) in [5.74, 6) is -0.0645. The maximum Gasteiger partial charge on any atom is 0.244 e. The highest BCUT2D eigenvalue weighted by Gasteiger charge is 2.40. The van der Waals surface area contributed by atoms with E-state index in [1.54, 1.807) is 0 Å². The molecule has 0 radical (unpaired) electrons. The van der Waals surface area contributed by atoms with Crippen LogP contribution >= 0.6 is 15.9 Å². The van der Waals surface area contributed by atoms with Crippen molar-refractivity contribution < 1.29 is 12.8 Å². The van der Waals surface area contributed by atoms with Crippen LogP contribution in [0.2, 0.25) is 0 Å². The molecule has 0 saturated carbocycles. The van der Waals surface area contributed by atoms with Crippen LogP contribution in [-0.2, 0) is 10.0 Å². The Morgan fingerprint density at radius 1 is 1.35 bits per heavy atom. The molecule has 2 heterocycles. The first-order chi connectivity index (χ1) is 9.48. The van der Waals surface area contributed by atoms with E-state index in [2.05, 4.69) is 21.2 Å². The van der Waals surface area contributed by atoms with Crippen LogP contribution in [0.5, 0.6) is 0 Å². The Morgan fingerprint density at radius 2 is 2.15 bits per heavy atom. The lowest BCUT2D eigenvalue weighted by molar-refractivity contribution is 0.339. The summed E-state index contributed by atoms with van der Waals surface area (Å²) < 4.78 is 40.2. The van der Waals surface area contributed by atoms with Crippen LogP contribution in [0.4, 0.5) is 4.39 Å². The molecular weight excluding hydrogens is 347 g/mol. The summed E-state index contributed by atoms with van der Waals surface area (Å²) in [6.07, 6.45) is 2.16. The van der Waals surface area contributed by atoms with Crippen LogP contribution < -0.4 is 5.32 Å². The van der Waals surface area contributed by atoms with Gasteiger partial charge in [-0.25, -0.2) is 12.8 Å². The highest BCUT2D eigenvalue weighted by molar-refractivity contribution is 9.10. The van der Waals surface area contributed by atoms with Gasteiger partial charge in [-0.1, -0.05) is 0 Å². The van der Waals surface area contributed by atoms with Gasteiger partial charge >= 0.3 is 0 Å². The summed E-state index contributed by atoms with van der Waals surface area (Å²) in [7, 11) is -3.56. The van der Waals surface area contributed by atoms with Gasteiger partial charge in [-0.3, -0.25) is 0 Å². The second-order valence-corrected chi connectivity index (χ2v) is 8.12. The number of hydrogen-bond acceptors (Lipinski definition) is 3. The number of sulfonamides is 1. The van der Waals surface area contributed by atoms with E-state index in [-0.39, 0.29) is 15.4 Å². The number of nitrogens with zero attached hydrogens (tertiary/aromatic N) is 1. The Balaban J connectivity index is 1.89. The van der Waals surface area contributed by atoms with Crippen LogP contribution in [0.1, 0.15) is 12.8 Å². The topological polar surface area (TPSA) is 49.4 Å². The predicted molar refractivity (Wildman–Crippen MR) is 77.4 cm³/mol. The second kappa shape index (κ2) is 5.36. The van der Waals surface area contributed by atoms with E-state index in [9.17, 15) is 12.8 Å². The highest BCUT2D eigenvalue weighted by Crippen LogP contribution is 2.32. The van der Waals surface area contributed by atoms with Crippen molar-refractivity contribution in [3.63, 3.8) is 0 Å². The molecule has 20 heavy (non-hydrogen) atoms. The third kappa shape index (κ3) is 2.52. The van der Waals surface area contributed by atoms with Crippen molar-refractivity contribution in [3.8, 4) is 0 Å². The van der Waals surface area contributed by atoms with Gasteiger partial charge in [0, 0.05) is 23.6 Å². The molecule has 0 bridgehead atoms. The normalized spacial score (nSPS) is 27.5. The number of hydrogen-bond donors (Lipinski definition) is 1. The SMILES string of the molecule is O=S(=O)(c1ccc(F)cc1Br)N1C[C@@H]2CCCN[C@@H]2C1. The maximum atomic E-state index is 13.1. The molecule has 7 heteroatoms. The molecule has 0 spiro atoms. The first-order valence-corrected chi connectivity index (χ1v) is 8.90. The van der Waals surface area contributed by atoms with Crippen molar-refractivity contribution >= 4 is 26.0 Å². The number of nitrogens with one attached hydrogen (secondary N) is 1. The molecule has 2 fully saturated rings. The molecule has 110 valence electrons. The highest BCUT2D eigenvalue weighted by atomic mass is 79.9. The Hall–Kier alpha value is -0.500. The molecule has 1 N–H and O–H groups in total. The monoisotopic (exact) mass is 362 g/mol. The number of halogens is 2. The van der Waals surface area contributed by atoms with Crippen LogP contribution in [0, 0.1) is 11.7 Å². The number of fused-ring (bicyclic) bond motifs is 1. The van der Waals surface area contributed by atoms with Crippen molar-refractivity contribution in [2.45, 2.75) is 23.8 Å².